The summed E-state index contributed by atoms with van der Waals surface area (Å²) >= 11 is 6.65. The molecule has 1 heterocycles. The van der Waals surface area contributed by atoms with E-state index < -0.39 is 0 Å². The van der Waals surface area contributed by atoms with Gasteiger partial charge in [0.15, 0.2) is 4.67 Å². The lowest BCUT2D eigenvalue weighted by molar-refractivity contribution is 0.282. The fourth-order valence-electron chi connectivity index (χ4n) is 1.45. The van der Waals surface area contributed by atoms with E-state index in [1.165, 1.54) is 0 Å². The van der Waals surface area contributed by atoms with E-state index in [-0.39, 0.29) is 6.61 Å². The second-order valence-electron chi connectivity index (χ2n) is 3.55. The quantitative estimate of drug-likeness (QED) is 0.868. The molecular weight excluding hydrogens is 350 g/mol. The molecule has 0 bridgehead atoms. The van der Waals surface area contributed by atoms with Gasteiger partial charge in [-0.3, -0.25) is 0 Å². The Balaban J connectivity index is 2.01. The maximum atomic E-state index is 9.03. The topological polar surface area (TPSA) is 45.4 Å². The van der Waals surface area contributed by atoms with Crippen LogP contribution < -0.4 is 5.32 Å². The van der Waals surface area contributed by atoms with Crippen molar-refractivity contribution >= 4 is 37.5 Å². The average molecular weight is 361 g/mol. The van der Waals surface area contributed by atoms with Crippen LogP contribution in [0, 0.1) is 0 Å². The highest BCUT2D eigenvalue weighted by atomic mass is 79.9. The highest BCUT2D eigenvalue weighted by Gasteiger charge is 2.05. The van der Waals surface area contributed by atoms with Crippen molar-refractivity contribution in [2.75, 3.05) is 5.32 Å². The number of rotatable bonds is 4. The Hall–Kier alpha value is -0.780. The third kappa shape index (κ3) is 3.34. The van der Waals surface area contributed by atoms with E-state index in [0.717, 1.165) is 21.5 Å². The van der Waals surface area contributed by atoms with Gasteiger partial charge in [-0.15, -0.1) is 0 Å². The fraction of sp³-hybridized carbons (Fsp3) is 0.167. The van der Waals surface area contributed by atoms with Gasteiger partial charge in [0.25, 0.3) is 0 Å². The third-order valence-electron chi connectivity index (χ3n) is 2.27. The maximum Gasteiger partial charge on any atom is 0.183 e. The van der Waals surface area contributed by atoms with Gasteiger partial charge in [-0.05, 0) is 55.6 Å². The van der Waals surface area contributed by atoms with Crippen molar-refractivity contribution in [3.05, 3.63) is 50.8 Å². The predicted molar refractivity (Wildman–Crippen MR) is 73.8 cm³/mol. The second kappa shape index (κ2) is 5.71. The van der Waals surface area contributed by atoms with E-state index in [2.05, 4.69) is 37.2 Å². The summed E-state index contributed by atoms with van der Waals surface area (Å²) in [6.07, 6.45) is 0. The number of anilines is 1. The minimum Gasteiger partial charge on any atom is -0.451 e. The van der Waals surface area contributed by atoms with Crippen molar-refractivity contribution in [2.45, 2.75) is 13.2 Å². The minimum atomic E-state index is 0.0490. The van der Waals surface area contributed by atoms with E-state index in [1.807, 2.05) is 30.3 Å². The molecule has 0 aliphatic heterocycles. The van der Waals surface area contributed by atoms with Crippen molar-refractivity contribution in [2.24, 2.45) is 0 Å². The van der Waals surface area contributed by atoms with Gasteiger partial charge < -0.3 is 14.8 Å². The number of furan rings is 1. The second-order valence-corrected chi connectivity index (χ2v) is 5.12. The van der Waals surface area contributed by atoms with E-state index >= 15 is 0 Å². The third-order valence-corrected chi connectivity index (χ3v) is 3.98. The molecule has 1 aromatic carbocycles. The summed E-state index contributed by atoms with van der Waals surface area (Å²) in [4.78, 5) is 0. The van der Waals surface area contributed by atoms with E-state index in [9.17, 15) is 0 Å². The van der Waals surface area contributed by atoms with Crippen LogP contribution in [0.3, 0.4) is 0 Å². The molecular formula is C12H11Br2NO2. The molecule has 0 saturated heterocycles. The maximum absolute atomic E-state index is 9.03. The molecule has 0 aliphatic rings. The summed E-state index contributed by atoms with van der Waals surface area (Å²) < 4.78 is 7.04. The molecule has 0 spiro atoms. The zero-order valence-electron chi connectivity index (χ0n) is 8.91. The zero-order chi connectivity index (χ0) is 12.3. The molecule has 0 unspecified atom stereocenters. The van der Waals surface area contributed by atoms with Crippen molar-refractivity contribution in [1.82, 2.24) is 0 Å². The Morgan fingerprint density at radius 3 is 2.71 bits per heavy atom. The van der Waals surface area contributed by atoms with Crippen LogP contribution in [0.15, 0.2) is 43.9 Å². The van der Waals surface area contributed by atoms with Crippen molar-refractivity contribution in [3.8, 4) is 0 Å². The number of benzene rings is 1. The van der Waals surface area contributed by atoms with Crippen LogP contribution in [-0.4, -0.2) is 5.11 Å². The highest BCUT2D eigenvalue weighted by molar-refractivity contribution is 9.13. The minimum absolute atomic E-state index is 0.0490. The molecule has 17 heavy (non-hydrogen) atoms. The summed E-state index contributed by atoms with van der Waals surface area (Å²) in [5.41, 5.74) is 1.84. The molecule has 0 atom stereocenters. The van der Waals surface area contributed by atoms with Crippen LogP contribution in [0.5, 0.6) is 0 Å². The molecule has 5 heteroatoms. The number of aliphatic hydroxyl groups is 1. The number of halogens is 2. The first-order chi connectivity index (χ1) is 8.19. The van der Waals surface area contributed by atoms with Gasteiger partial charge in [-0.25, -0.2) is 0 Å². The molecule has 90 valence electrons. The lowest BCUT2D eigenvalue weighted by atomic mass is 10.2. The Kier molecular flexibility index (Phi) is 4.25. The van der Waals surface area contributed by atoms with Crippen molar-refractivity contribution < 1.29 is 9.52 Å². The van der Waals surface area contributed by atoms with Gasteiger partial charge in [0, 0.05) is 5.69 Å². The Bertz CT molecular complexity index is 491. The van der Waals surface area contributed by atoms with E-state index in [1.54, 1.807) is 0 Å². The molecule has 0 saturated carbocycles. The lowest BCUT2D eigenvalue weighted by Gasteiger charge is -2.05. The fourth-order valence-corrected chi connectivity index (χ4v) is 2.11. The first-order valence-electron chi connectivity index (χ1n) is 5.06. The van der Waals surface area contributed by atoms with Gasteiger partial charge in [0.05, 0.1) is 17.6 Å². The molecule has 0 radical (unpaired) electrons. The van der Waals surface area contributed by atoms with Crippen molar-refractivity contribution in [3.63, 3.8) is 0 Å². The van der Waals surface area contributed by atoms with E-state index in [4.69, 9.17) is 9.52 Å². The molecule has 1 aromatic heterocycles. The first kappa shape index (κ1) is 12.7. The Morgan fingerprint density at radius 2 is 2.06 bits per heavy atom. The van der Waals surface area contributed by atoms with Crippen LogP contribution in [0.2, 0.25) is 0 Å². The number of hydrogen-bond donors (Lipinski definition) is 2. The van der Waals surface area contributed by atoms with Gasteiger partial charge in [0.1, 0.15) is 5.76 Å². The van der Waals surface area contributed by atoms with Gasteiger partial charge in [-0.2, -0.15) is 0 Å². The van der Waals surface area contributed by atoms with Crippen LogP contribution in [0.4, 0.5) is 5.69 Å². The smallest absolute Gasteiger partial charge is 0.183 e. The summed E-state index contributed by atoms with van der Waals surface area (Å²) in [6, 6.07) is 9.55. The molecule has 2 rings (SSSR count). The molecule has 3 nitrogen and oxygen atoms in total. The first-order valence-corrected chi connectivity index (χ1v) is 6.65. The largest absolute Gasteiger partial charge is 0.451 e. The van der Waals surface area contributed by atoms with Gasteiger partial charge >= 0.3 is 0 Å². The molecule has 0 fully saturated rings. The number of aliphatic hydroxyl groups excluding tert-OH is 1. The standard InChI is InChI=1S/C12H11Br2NO2/c13-11-5-10(17-12(11)14)6-15-9-3-1-2-8(4-9)7-16/h1-5,15-16H,6-7H2. The average Bonchev–Trinajstić information content (AvgIpc) is 2.67. The summed E-state index contributed by atoms with van der Waals surface area (Å²) in [7, 11) is 0. The molecule has 0 aliphatic carbocycles. The van der Waals surface area contributed by atoms with Crippen LogP contribution in [0.25, 0.3) is 0 Å². The SMILES string of the molecule is OCc1cccc(NCc2cc(Br)c(Br)o2)c1. The number of hydrogen-bond acceptors (Lipinski definition) is 3. The summed E-state index contributed by atoms with van der Waals surface area (Å²) in [5, 5.41) is 12.3. The van der Waals surface area contributed by atoms with Crippen molar-refractivity contribution in [1.29, 1.82) is 0 Å². The number of nitrogens with one attached hydrogen (secondary N) is 1. The summed E-state index contributed by atoms with van der Waals surface area (Å²) in [6.45, 7) is 0.645. The monoisotopic (exact) mass is 359 g/mol. The molecule has 2 N–H and O–H groups in total. The molecule has 0 amide bonds. The Labute approximate surface area is 116 Å². The van der Waals surface area contributed by atoms with Crippen LogP contribution in [0.1, 0.15) is 11.3 Å². The summed E-state index contributed by atoms with van der Waals surface area (Å²) in [5.74, 6) is 0.832. The zero-order valence-corrected chi connectivity index (χ0v) is 12.1. The highest BCUT2D eigenvalue weighted by Crippen LogP contribution is 2.27. The molecule has 2 aromatic rings. The normalized spacial score (nSPS) is 10.5. The lowest BCUT2D eigenvalue weighted by Crippen LogP contribution is -1.98. The van der Waals surface area contributed by atoms with E-state index in [0.29, 0.717) is 11.2 Å². The Morgan fingerprint density at radius 1 is 1.24 bits per heavy atom. The van der Waals surface area contributed by atoms with Gasteiger partial charge in [0.2, 0.25) is 0 Å². The predicted octanol–water partition coefficient (Wildman–Crippen LogP) is 3.91. The van der Waals surface area contributed by atoms with Crippen LogP contribution in [-0.2, 0) is 13.2 Å². The van der Waals surface area contributed by atoms with Crippen LogP contribution >= 0.6 is 31.9 Å². The van der Waals surface area contributed by atoms with Gasteiger partial charge in [-0.1, -0.05) is 12.1 Å².